The molecule has 1 aromatic carbocycles. The van der Waals surface area contributed by atoms with Crippen LogP contribution in [0, 0.1) is 16.0 Å². The molecule has 372 valence electrons. The number of nitrogens with one attached hydrogen (secondary N) is 7. The maximum atomic E-state index is 13.9. The lowest BCUT2D eigenvalue weighted by Crippen LogP contribution is -2.63. The van der Waals surface area contributed by atoms with Gasteiger partial charge >= 0.3 is 0 Å². The minimum Gasteiger partial charge on any atom is -0.391 e. The average molecular weight is 950 g/mol. The van der Waals surface area contributed by atoms with Gasteiger partial charge in [0.15, 0.2) is 0 Å². The predicted octanol–water partition coefficient (Wildman–Crippen LogP) is 1.38. The van der Waals surface area contributed by atoms with E-state index in [4.69, 9.17) is 5.73 Å². The van der Waals surface area contributed by atoms with Crippen molar-refractivity contribution in [2.45, 2.75) is 173 Å². The highest BCUT2D eigenvalue weighted by atomic mass is 32.2. The first-order valence-electron chi connectivity index (χ1n) is 23.3. The van der Waals surface area contributed by atoms with Crippen LogP contribution in [0.5, 0.6) is 0 Å². The summed E-state index contributed by atoms with van der Waals surface area (Å²) < 4.78 is 0. The lowest BCUT2D eigenvalue weighted by atomic mass is 10.0. The summed E-state index contributed by atoms with van der Waals surface area (Å²) in [6.07, 6.45) is 9.05. The fraction of sp³-hybridized carbons (Fsp3) is 0.711. The molecule has 2 rings (SSSR count). The third-order valence-corrected chi connectivity index (χ3v) is 12.3. The summed E-state index contributed by atoms with van der Waals surface area (Å²) in [6.45, 7) is 9.08. The number of hydrogen-bond donors (Lipinski definition) is 10. The summed E-state index contributed by atoms with van der Waals surface area (Å²) in [4.78, 5) is 104. The molecule has 8 atom stereocenters. The summed E-state index contributed by atoms with van der Waals surface area (Å²) in [5, 5.41) is 51.1. The van der Waals surface area contributed by atoms with Crippen LogP contribution in [0.25, 0.3) is 0 Å². The largest absolute Gasteiger partial charge is 0.391 e. The highest BCUT2D eigenvalue weighted by Gasteiger charge is 2.37. The molecule has 1 saturated heterocycles. The number of carbonyl (C=O) groups is 7. The molecule has 1 aliphatic rings. The molecule has 0 aromatic heterocycles. The predicted molar refractivity (Wildman–Crippen MR) is 252 cm³/mol. The Labute approximate surface area is 392 Å². The number of carbonyl (C=O) groups excluding carboxylic acids is 7. The first kappa shape index (κ1) is 57.3. The van der Waals surface area contributed by atoms with Crippen molar-refractivity contribution >= 4 is 58.8 Å². The monoisotopic (exact) mass is 950 g/mol. The Morgan fingerprint density at radius 2 is 1.36 bits per heavy atom. The molecule has 1 aromatic rings. The number of primary amides is 1. The number of nitro groups is 1. The van der Waals surface area contributed by atoms with E-state index in [1.165, 1.54) is 88.4 Å². The molecule has 0 saturated carbocycles. The molecule has 66 heavy (non-hydrogen) atoms. The van der Waals surface area contributed by atoms with Gasteiger partial charge in [-0.15, -0.1) is 0 Å². The van der Waals surface area contributed by atoms with Crippen LogP contribution in [0.15, 0.2) is 24.3 Å². The molecule has 0 aliphatic carbocycles. The van der Waals surface area contributed by atoms with E-state index in [-0.39, 0.29) is 36.6 Å². The molecule has 21 heteroatoms. The Kier molecular flexibility index (Phi) is 27.1. The van der Waals surface area contributed by atoms with Crippen molar-refractivity contribution in [2.75, 3.05) is 24.6 Å². The molecule has 7 amide bonds. The molecular formula is C45H75N9O11S. The van der Waals surface area contributed by atoms with Crippen molar-refractivity contribution in [2.24, 2.45) is 11.7 Å². The topological polar surface area (TPSA) is 313 Å². The van der Waals surface area contributed by atoms with Crippen molar-refractivity contribution in [3.63, 3.8) is 0 Å². The van der Waals surface area contributed by atoms with Crippen LogP contribution in [0.3, 0.4) is 0 Å². The van der Waals surface area contributed by atoms with Crippen molar-refractivity contribution < 1.29 is 48.7 Å². The van der Waals surface area contributed by atoms with Gasteiger partial charge in [-0.1, -0.05) is 84.3 Å². The van der Waals surface area contributed by atoms with E-state index in [9.17, 15) is 53.9 Å². The summed E-state index contributed by atoms with van der Waals surface area (Å²) in [6, 6.07) is -2.84. The lowest BCUT2D eigenvalue weighted by Gasteiger charge is -2.30. The standard InChI is InChI=1S/C45H75N9O11S/c1-6-7-8-9-10-11-12-15-23-47-24-22-33-41(59)50-35(27-66-25-16-13-14-17-36(57)48-33)42(60)52-39(30(5)56)45(63)51-37(28(2)3)43(61)53-38(29(4)55)44(62)49-34(40(46)58)26-31-18-20-32(21-19-31)54(64)65/h18-21,28-30,33-35,37-39,47,55-56H,6-17,22-27H2,1-5H3,(H2,46,58)(H,48,57)(H,49,62)(H,50,59)(H,51,63)(H,52,60)(H,53,61)/t29-,30-,33+,34+,35+,37+,38+,39+/m1/s1. The molecule has 0 spiro atoms. The van der Waals surface area contributed by atoms with Crippen LogP contribution in [-0.4, -0.2) is 130 Å². The van der Waals surface area contributed by atoms with Gasteiger partial charge < -0.3 is 53.2 Å². The van der Waals surface area contributed by atoms with Crippen LogP contribution >= 0.6 is 11.8 Å². The number of aliphatic hydroxyl groups excluding tert-OH is 2. The van der Waals surface area contributed by atoms with E-state index in [0.717, 1.165) is 32.2 Å². The molecule has 11 N–H and O–H groups in total. The van der Waals surface area contributed by atoms with Crippen molar-refractivity contribution in [1.29, 1.82) is 0 Å². The van der Waals surface area contributed by atoms with Gasteiger partial charge in [0.1, 0.15) is 36.3 Å². The molecule has 20 nitrogen and oxygen atoms in total. The number of amides is 7. The van der Waals surface area contributed by atoms with Crippen LogP contribution in [0.2, 0.25) is 0 Å². The second-order valence-corrected chi connectivity index (χ2v) is 18.5. The fourth-order valence-corrected chi connectivity index (χ4v) is 8.22. The van der Waals surface area contributed by atoms with Crippen LogP contribution in [0.4, 0.5) is 5.69 Å². The Morgan fingerprint density at radius 1 is 0.788 bits per heavy atom. The maximum Gasteiger partial charge on any atom is 0.269 e. The van der Waals surface area contributed by atoms with Gasteiger partial charge in [-0.3, -0.25) is 43.7 Å². The smallest absolute Gasteiger partial charge is 0.269 e. The molecule has 0 unspecified atom stereocenters. The molecule has 0 bridgehead atoms. The quantitative estimate of drug-likeness (QED) is 0.0339. The number of benzene rings is 1. The molecule has 0 radical (unpaired) electrons. The third-order valence-electron chi connectivity index (χ3n) is 11.2. The number of aliphatic hydroxyl groups is 2. The van der Waals surface area contributed by atoms with Gasteiger partial charge in [0.05, 0.1) is 17.1 Å². The van der Waals surface area contributed by atoms with Gasteiger partial charge in [0.25, 0.3) is 5.69 Å². The van der Waals surface area contributed by atoms with Gasteiger partial charge in [-0.2, -0.15) is 11.8 Å². The summed E-state index contributed by atoms with van der Waals surface area (Å²) in [7, 11) is 0. The number of hydrogen-bond acceptors (Lipinski definition) is 13. The second-order valence-electron chi connectivity index (χ2n) is 17.4. The van der Waals surface area contributed by atoms with Gasteiger partial charge in [0.2, 0.25) is 41.4 Å². The van der Waals surface area contributed by atoms with E-state index in [0.29, 0.717) is 24.3 Å². The zero-order valence-electron chi connectivity index (χ0n) is 39.2. The number of non-ortho nitro benzene ring substituents is 1. The van der Waals surface area contributed by atoms with Crippen molar-refractivity contribution in [3.8, 4) is 0 Å². The summed E-state index contributed by atoms with van der Waals surface area (Å²) in [5.74, 6) is -5.29. The third kappa shape index (κ3) is 21.6. The van der Waals surface area contributed by atoms with Gasteiger partial charge in [-0.25, -0.2) is 0 Å². The minimum absolute atomic E-state index is 0.132. The highest BCUT2D eigenvalue weighted by molar-refractivity contribution is 7.99. The second kappa shape index (κ2) is 31.2. The minimum atomic E-state index is -1.65. The van der Waals surface area contributed by atoms with Crippen molar-refractivity contribution in [1.82, 2.24) is 37.2 Å². The van der Waals surface area contributed by atoms with E-state index in [2.05, 4.69) is 44.1 Å². The van der Waals surface area contributed by atoms with Gasteiger partial charge in [0, 0.05) is 30.7 Å². The molecule has 1 fully saturated rings. The SMILES string of the molecule is CCCCCCCCCCNCC[C@@H]1NC(=O)CCCCCSC[C@@H](C(=O)N[C@H](C(=O)N[C@H](C(=O)N[C@H](C(=O)N[C@@H](Cc2ccc([N+](=O)[O-])cc2)C(N)=O)[C@@H](C)O)C(C)C)[C@@H](C)O)NC1=O. The van der Waals surface area contributed by atoms with Gasteiger partial charge in [-0.05, 0) is 69.9 Å². The molecular weight excluding hydrogens is 875 g/mol. The first-order valence-corrected chi connectivity index (χ1v) is 24.5. The van der Waals surface area contributed by atoms with Crippen molar-refractivity contribution in [3.05, 3.63) is 39.9 Å². The molecule has 1 heterocycles. The number of rotatable bonds is 27. The fourth-order valence-electron chi connectivity index (χ4n) is 7.17. The summed E-state index contributed by atoms with van der Waals surface area (Å²) >= 11 is 1.42. The Hall–Kier alpha value is -4.86. The number of nitrogens with zero attached hydrogens (tertiary/aromatic N) is 1. The Bertz CT molecular complexity index is 1720. The van der Waals surface area contributed by atoms with Crippen LogP contribution in [-0.2, 0) is 40.0 Å². The lowest BCUT2D eigenvalue weighted by molar-refractivity contribution is -0.384. The van der Waals surface area contributed by atoms with E-state index in [1.54, 1.807) is 13.8 Å². The van der Waals surface area contributed by atoms with Crippen LogP contribution in [0.1, 0.15) is 124 Å². The average Bonchev–Trinajstić information content (AvgIpc) is 3.27. The maximum absolute atomic E-state index is 13.9. The zero-order chi connectivity index (χ0) is 49.2. The number of thioether (sulfide) groups is 1. The number of nitro benzene ring substituents is 1. The normalized spacial score (nSPS) is 18.8. The molecule has 1 aliphatic heterocycles. The first-order chi connectivity index (χ1) is 31.4. The highest BCUT2D eigenvalue weighted by Crippen LogP contribution is 2.15. The van der Waals surface area contributed by atoms with E-state index < -0.39 is 94.7 Å². The van der Waals surface area contributed by atoms with E-state index >= 15 is 0 Å². The van der Waals surface area contributed by atoms with Crippen LogP contribution < -0.4 is 43.0 Å². The number of nitrogens with two attached hydrogens (primary N) is 1. The Morgan fingerprint density at radius 3 is 1.95 bits per heavy atom. The Balaban J connectivity index is 2.14. The van der Waals surface area contributed by atoms with E-state index in [1.807, 2.05) is 0 Å². The summed E-state index contributed by atoms with van der Waals surface area (Å²) in [5.41, 5.74) is 5.77. The zero-order valence-corrected chi connectivity index (χ0v) is 40.1. The number of unbranched alkanes of at least 4 members (excludes halogenated alkanes) is 7.